The Bertz CT molecular complexity index is 823. The zero-order valence-corrected chi connectivity index (χ0v) is 16.3. The van der Waals surface area contributed by atoms with Crippen LogP contribution in [0, 0.1) is 5.82 Å². The van der Waals surface area contributed by atoms with Crippen molar-refractivity contribution in [3.8, 4) is 5.75 Å². The molecule has 1 fully saturated rings. The average Bonchev–Trinajstić information content (AvgIpc) is 3.16. The first-order valence-corrected chi connectivity index (χ1v) is 9.55. The van der Waals surface area contributed by atoms with Crippen molar-refractivity contribution >= 4 is 12.0 Å². The first kappa shape index (κ1) is 20.0. The third-order valence-electron chi connectivity index (χ3n) is 4.85. The van der Waals surface area contributed by atoms with Gasteiger partial charge in [-0.25, -0.2) is 4.39 Å². The van der Waals surface area contributed by atoms with Gasteiger partial charge in [-0.2, -0.15) is 0 Å². The van der Waals surface area contributed by atoms with Crippen molar-refractivity contribution in [2.45, 2.75) is 31.9 Å². The lowest BCUT2D eigenvalue weighted by atomic mass is 10.2. The molecule has 2 aromatic rings. The number of hydrogen-bond acceptors (Lipinski definition) is 4. The van der Waals surface area contributed by atoms with Gasteiger partial charge in [0.1, 0.15) is 17.7 Å². The Kier molecular flexibility index (Phi) is 6.76. The summed E-state index contributed by atoms with van der Waals surface area (Å²) in [6.45, 7) is 3.26. The molecule has 1 N–H and O–H groups in total. The smallest absolute Gasteiger partial charge is 0.253 e. The molecule has 0 aliphatic carbocycles. The summed E-state index contributed by atoms with van der Waals surface area (Å²) in [7, 11) is 1.94. The van der Waals surface area contributed by atoms with E-state index in [9.17, 15) is 9.18 Å². The zero-order valence-electron chi connectivity index (χ0n) is 16.3. The third-order valence-corrected chi connectivity index (χ3v) is 4.85. The molecule has 0 bridgehead atoms. The Balaban J connectivity index is 1.56. The summed E-state index contributed by atoms with van der Waals surface area (Å²) >= 11 is 0. The summed E-state index contributed by atoms with van der Waals surface area (Å²) < 4.78 is 19.1. The summed E-state index contributed by atoms with van der Waals surface area (Å²) in [5.74, 6) is 0.255. The lowest BCUT2D eigenvalue weighted by molar-refractivity contribution is 0.0772. The second-order valence-electron chi connectivity index (χ2n) is 7.07. The number of rotatable bonds is 7. The van der Waals surface area contributed by atoms with Gasteiger partial charge in [-0.15, -0.1) is 0 Å². The van der Waals surface area contributed by atoms with E-state index in [1.165, 1.54) is 24.3 Å². The number of nitrogens with zero attached hydrogens (tertiary/aromatic N) is 2. The highest BCUT2D eigenvalue weighted by Gasteiger charge is 2.28. The molecule has 1 aromatic heterocycles. The van der Waals surface area contributed by atoms with Gasteiger partial charge in [0.05, 0.1) is 12.7 Å². The molecule has 28 heavy (non-hydrogen) atoms. The van der Waals surface area contributed by atoms with Crippen LogP contribution >= 0.6 is 0 Å². The number of benzene rings is 1. The van der Waals surface area contributed by atoms with E-state index in [2.05, 4.69) is 23.3 Å². The summed E-state index contributed by atoms with van der Waals surface area (Å²) in [5, 5.41) is 3.20. The molecule has 148 valence electrons. The minimum atomic E-state index is -0.346. The molecule has 0 unspecified atom stereocenters. The Morgan fingerprint density at radius 2 is 2.18 bits per heavy atom. The highest BCUT2D eigenvalue weighted by molar-refractivity contribution is 5.94. The number of carbonyl (C=O) groups is 1. The number of hydrogen-bond donors (Lipinski definition) is 1. The van der Waals surface area contributed by atoms with Crippen molar-refractivity contribution < 1.29 is 13.9 Å². The molecule has 1 aromatic carbocycles. The van der Waals surface area contributed by atoms with Gasteiger partial charge < -0.3 is 15.0 Å². The second-order valence-corrected chi connectivity index (χ2v) is 7.07. The Labute approximate surface area is 165 Å². The SMILES string of the molecule is CN[C@@H](C)C/C=C/c1cncc(O[C@@H]2CCN(C(=O)c3ccc(F)cc3)C2)c1. The van der Waals surface area contributed by atoms with Crippen molar-refractivity contribution in [1.82, 2.24) is 15.2 Å². The van der Waals surface area contributed by atoms with Crippen LogP contribution in [0.15, 0.2) is 48.8 Å². The molecule has 6 heteroatoms. The maximum Gasteiger partial charge on any atom is 0.253 e. The van der Waals surface area contributed by atoms with E-state index in [0.717, 1.165) is 18.4 Å². The van der Waals surface area contributed by atoms with E-state index in [1.807, 2.05) is 19.2 Å². The van der Waals surface area contributed by atoms with E-state index < -0.39 is 0 Å². The molecule has 0 saturated carbocycles. The van der Waals surface area contributed by atoms with Crippen LogP contribution in [0.3, 0.4) is 0 Å². The van der Waals surface area contributed by atoms with Crippen molar-refractivity contribution in [1.29, 1.82) is 0 Å². The van der Waals surface area contributed by atoms with E-state index in [4.69, 9.17) is 4.74 Å². The van der Waals surface area contributed by atoms with Gasteiger partial charge in [0.2, 0.25) is 0 Å². The van der Waals surface area contributed by atoms with Crippen molar-refractivity contribution in [3.05, 3.63) is 65.7 Å². The Morgan fingerprint density at radius 3 is 2.93 bits per heavy atom. The lowest BCUT2D eigenvalue weighted by Crippen LogP contribution is -2.30. The maximum absolute atomic E-state index is 13.0. The highest BCUT2D eigenvalue weighted by Crippen LogP contribution is 2.21. The van der Waals surface area contributed by atoms with E-state index in [1.54, 1.807) is 17.3 Å². The number of halogens is 1. The fourth-order valence-electron chi connectivity index (χ4n) is 3.09. The number of pyridine rings is 1. The van der Waals surface area contributed by atoms with Gasteiger partial charge in [-0.3, -0.25) is 9.78 Å². The fraction of sp³-hybridized carbons (Fsp3) is 0.364. The predicted molar refractivity (Wildman–Crippen MR) is 108 cm³/mol. The molecular formula is C22H26FN3O2. The number of carbonyl (C=O) groups excluding carboxylic acids is 1. The third kappa shape index (κ3) is 5.39. The molecule has 2 heterocycles. The summed E-state index contributed by atoms with van der Waals surface area (Å²) in [6, 6.07) is 8.02. The Morgan fingerprint density at radius 1 is 1.39 bits per heavy atom. The van der Waals surface area contributed by atoms with Gasteiger partial charge in [-0.05, 0) is 56.3 Å². The van der Waals surface area contributed by atoms with Crippen molar-refractivity contribution in [3.63, 3.8) is 0 Å². The van der Waals surface area contributed by atoms with Crippen LogP contribution in [0.25, 0.3) is 6.08 Å². The molecule has 1 amide bonds. The van der Waals surface area contributed by atoms with Gasteiger partial charge in [0.15, 0.2) is 0 Å². The zero-order chi connectivity index (χ0) is 19.9. The molecule has 0 spiro atoms. The highest BCUT2D eigenvalue weighted by atomic mass is 19.1. The van der Waals surface area contributed by atoms with Crippen LogP contribution < -0.4 is 10.1 Å². The second kappa shape index (κ2) is 9.46. The molecule has 1 aliphatic rings. The van der Waals surface area contributed by atoms with Gasteiger partial charge in [0, 0.05) is 30.8 Å². The molecule has 5 nitrogen and oxygen atoms in total. The minimum Gasteiger partial charge on any atom is -0.487 e. The first-order valence-electron chi connectivity index (χ1n) is 9.55. The molecule has 0 radical (unpaired) electrons. The van der Waals surface area contributed by atoms with Gasteiger partial charge in [-0.1, -0.05) is 12.2 Å². The van der Waals surface area contributed by atoms with E-state index in [0.29, 0.717) is 30.4 Å². The van der Waals surface area contributed by atoms with Gasteiger partial charge >= 0.3 is 0 Å². The summed E-state index contributed by atoms with van der Waals surface area (Å²) in [4.78, 5) is 18.5. The first-order chi connectivity index (χ1) is 13.5. The number of aromatic nitrogens is 1. The normalized spacial score (nSPS) is 17.8. The van der Waals surface area contributed by atoms with Crippen LogP contribution in [0.1, 0.15) is 35.7 Å². The maximum atomic E-state index is 13.0. The topological polar surface area (TPSA) is 54.5 Å². The predicted octanol–water partition coefficient (Wildman–Crippen LogP) is 3.53. The van der Waals surface area contributed by atoms with Crippen LogP contribution in [-0.4, -0.2) is 48.1 Å². The van der Waals surface area contributed by atoms with E-state index >= 15 is 0 Å². The van der Waals surface area contributed by atoms with Crippen molar-refractivity contribution in [2.75, 3.05) is 20.1 Å². The number of ether oxygens (including phenoxy) is 1. The number of likely N-dealkylation sites (tertiary alicyclic amines) is 1. The van der Waals surface area contributed by atoms with Crippen LogP contribution in [0.4, 0.5) is 4.39 Å². The van der Waals surface area contributed by atoms with Crippen LogP contribution in [0.5, 0.6) is 5.75 Å². The van der Waals surface area contributed by atoms with Gasteiger partial charge in [0.25, 0.3) is 5.91 Å². The van der Waals surface area contributed by atoms with Crippen LogP contribution in [0.2, 0.25) is 0 Å². The summed E-state index contributed by atoms with van der Waals surface area (Å²) in [5.41, 5.74) is 1.48. The molecule has 1 saturated heterocycles. The van der Waals surface area contributed by atoms with Crippen LogP contribution in [-0.2, 0) is 0 Å². The largest absolute Gasteiger partial charge is 0.487 e. The van der Waals surface area contributed by atoms with Crippen molar-refractivity contribution in [2.24, 2.45) is 0 Å². The molecular weight excluding hydrogens is 357 g/mol. The number of nitrogens with one attached hydrogen (secondary N) is 1. The van der Waals surface area contributed by atoms with E-state index in [-0.39, 0.29) is 17.8 Å². The molecule has 1 aliphatic heterocycles. The Hall–Kier alpha value is -2.73. The lowest BCUT2D eigenvalue weighted by Gasteiger charge is -2.17. The monoisotopic (exact) mass is 383 g/mol. The average molecular weight is 383 g/mol. The number of amides is 1. The minimum absolute atomic E-state index is 0.0743. The summed E-state index contributed by atoms with van der Waals surface area (Å²) in [6.07, 6.45) is 9.25. The molecule has 3 rings (SSSR count). The quantitative estimate of drug-likeness (QED) is 0.795. The standard InChI is InChI=1S/C22H26FN3O2/c1-16(24-2)4-3-5-17-12-21(14-25-13-17)28-20-10-11-26(15-20)22(27)18-6-8-19(23)9-7-18/h3,5-9,12-14,16,20,24H,4,10-11,15H2,1-2H3/b5-3+/t16-,20+/m0/s1. The fourth-order valence-corrected chi connectivity index (χ4v) is 3.09. The molecule has 2 atom stereocenters.